The Kier molecular flexibility index (Phi) is 7.20. The summed E-state index contributed by atoms with van der Waals surface area (Å²) in [4.78, 5) is 12.6. The molecule has 0 bridgehead atoms. The minimum atomic E-state index is -3.46. The molecule has 4 rings (SSSR count). The van der Waals surface area contributed by atoms with Gasteiger partial charge in [-0.3, -0.25) is 4.79 Å². The van der Waals surface area contributed by atoms with Crippen LogP contribution in [0.25, 0.3) is 6.08 Å². The maximum absolute atomic E-state index is 12.7. The van der Waals surface area contributed by atoms with Gasteiger partial charge in [-0.1, -0.05) is 18.2 Å². The van der Waals surface area contributed by atoms with Crippen molar-refractivity contribution < 1.29 is 27.4 Å². The first-order valence-electron chi connectivity index (χ1n) is 11.0. The molecule has 2 aliphatic heterocycles. The lowest BCUT2D eigenvalue weighted by molar-refractivity contribution is -0.116. The fourth-order valence-electron chi connectivity index (χ4n) is 3.96. The fourth-order valence-corrected chi connectivity index (χ4v) is 5.45. The lowest BCUT2D eigenvalue weighted by Crippen LogP contribution is -2.41. The monoisotopic (exact) mass is 472 g/mol. The molecule has 8 nitrogen and oxygen atoms in total. The maximum Gasteiger partial charge on any atom is 0.244 e. The summed E-state index contributed by atoms with van der Waals surface area (Å²) in [5, 5.41) is 2.92. The van der Waals surface area contributed by atoms with Crippen LogP contribution in [0.3, 0.4) is 0 Å². The van der Waals surface area contributed by atoms with E-state index in [0.717, 1.165) is 5.56 Å². The molecule has 1 amide bonds. The van der Waals surface area contributed by atoms with E-state index < -0.39 is 10.0 Å². The Labute approximate surface area is 194 Å². The molecule has 2 aromatic rings. The molecule has 2 aliphatic rings. The summed E-state index contributed by atoms with van der Waals surface area (Å²) < 4.78 is 43.6. The van der Waals surface area contributed by atoms with Crippen molar-refractivity contribution in [1.29, 1.82) is 0 Å². The van der Waals surface area contributed by atoms with E-state index in [4.69, 9.17) is 14.2 Å². The van der Waals surface area contributed by atoms with Crippen molar-refractivity contribution in [2.24, 2.45) is 5.92 Å². The maximum atomic E-state index is 12.7. The molecule has 0 radical (unpaired) electrons. The van der Waals surface area contributed by atoms with E-state index in [1.807, 2.05) is 6.07 Å². The summed E-state index contributed by atoms with van der Waals surface area (Å²) >= 11 is 0. The average Bonchev–Trinajstić information content (AvgIpc) is 2.86. The van der Waals surface area contributed by atoms with Gasteiger partial charge in [-0.25, -0.2) is 8.42 Å². The van der Waals surface area contributed by atoms with Gasteiger partial charge in [0.2, 0.25) is 21.7 Å². The molecule has 0 unspecified atom stereocenters. The molecule has 1 saturated heterocycles. The van der Waals surface area contributed by atoms with E-state index in [9.17, 15) is 13.2 Å². The molecule has 1 N–H and O–H groups in total. The van der Waals surface area contributed by atoms with E-state index >= 15 is 0 Å². The highest BCUT2D eigenvalue weighted by Crippen LogP contribution is 2.40. The van der Waals surface area contributed by atoms with Crippen LogP contribution in [0, 0.1) is 5.92 Å². The number of rotatable bonds is 7. The molecule has 33 heavy (non-hydrogen) atoms. The Balaban J connectivity index is 1.28. The van der Waals surface area contributed by atoms with Gasteiger partial charge in [-0.2, -0.15) is 4.31 Å². The van der Waals surface area contributed by atoms with Gasteiger partial charge in [0.25, 0.3) is 0 Å². The second-order valence-electron chi connectivity index (χ2n) is 7.99. The molecular weight excluding hydrogens is 444 g/mol. The molecule has 176 valence electrons. The number of carbonyl (C=O) groups is 1. The summed E-state index contributed by atoms with van der Waals surface area (Å²) in [5.74, 6) is 1.76. The van der Waals surface area contributed by atoms with E-state index in [2.05, 4.69) is 5.32 Å². The number of sulfonamides is 1. The minimum absolute atomic E-state index is 0.205. The number of hydrogen-bond acceptors (Lipinski definition) is 6. The molecule has 0 saturated carbocycles. The van der Waals surface area contributed by atoms with Crippen LogP contribution in [0.2, 0.25) is 0 Å². The summed E-state index contributed by atoms with van der Waals surface area (Å²) in [6, 6.07) is 12.1. The van der Waals surface area contributed by atoms with Gasteiger partial charge >= 0.3 is 0 Å². The first kappa shape index (κ1) is 23.1. The third-order valence-electron chi connectivity index (χ3n) is 5.80. The molecule has 0 spiro atoms. The van der Waals surface area contributed by atoms with Crippen molar-refractivity contribution in [3.05, 3.63) is 54.1 Å². The van der Waals surface area contributed by atoms with Crippen LogP contribution in [0.1, 0.15) is 18.4 Å². The number of nitrogens with zero attached hydrogens (tertiary/aromatic N) is 1. The first-order valence-corrected chi connectivity index (χ1v) is 12.4. The zero-order valence-corrected chi connectivity index (χ0v) is 19.3. The number of nitrogens with one attached hydrogen (secondary N) is 1. The van der Waals surface area contributed by atoms with E-state index in [1.165, 1.54) is 10.4 Å². The zero-order valence-electron chi connectivity index (χ0n) is 18.5. The number of benzene rings is 2. The highest BCUT2D eigenvalue weighted by atomic mass is 32.2. The summed E-state index contributed by atoms with van der Waals surface area (Å²) in [5.41, 5.74) is 0.769. The Morgan fingerprint density at radius 1 is 1.15 bits per heavy atom. The Hall–Kier alpha value is -3.04. The quantitative estimate of drug-likeness (QED) is 0.623. The average molecular weight is 473 g/mol. The van der Waals surface area contributed by atoms with Crippen LogP contribution >= 0.6 is 0 Å². The Morgan fingerprint density at radius 2 is 1.88 bits per heavy atom. The molecule has 1 fully saturated rings. The largest absolute Gasteiger partial charge is 0.493 e. The van der Waals surface area contributed by atoms with Gasteiger partial charge in [0.15, 0.2) is 11.5 Å². The first-order chi connectivity index (χ1) is 16.0. The number of carbonyl (C=O) groups excluding carboxylic acids is 1. The van der Waals surface area contributed by atoms with E-state index in [1.54, 1.807) is 49.6 Å². The number of ether oxygens (including phenoxy) is 3. The molecule has 2 heterocycles. The van der Waals surface area contributed by atoms with Crippen LogP contribution in [0.4, 0.5) is 0 Å². The summed E-state index contributed by atoms with van der Waals surface area (Å²) in [6.07, 6.45) is 4.58. The van der Waals surface area contributed by atoms with Gasteiger partial charge in [0.1, 0.15) is 13.2 Å². The van der Waals surface area contributed by atoms with Gasteiger partial charge < -0.3 is 19.5 Å². The normalized spacial score (nSPS) is 17.1. The van der Waals surface area contributed by atoms with E-state index in [-0.39, 0.29) is 11.8 Å². The van der Waals surface area contributed by atoms with Crippen LogP contribution in [-0.4, -0.2) is 58.6 Å². The van der Waals surface area contributed by atoms with Crippen molar-refractivity contribution >= 4 is 22.0 Å². The standard InChI is InChI=1S/C24H28N2O6S/c1-30-21-15-19(16-22-24(21)32-14-13-31-22)7-8-23(27)25-17-18-9-11-26(12-10-18)33(28,29)20-5-3-2-4-6-20/h2-8,15-16,18H,9-14,17H2,1H3,(H,25,27)/b8-7+. The zero-order chi connectivity index (χ0) is 23.3. The number of hydrogen-bond donors (Lipinski definition) is 1. The second kappa shape index (κ2) is 10.3. The molecule has 0 atom stereocenters. The number of fused-ring (bicyclic) bond motifs is 1. The lowest BCUT2D eigenvalue weighted by atomic mass is 9.98. The third-order valence-corrected chi connectivity index (χ3v) is 7.71. The van der Waals surface area contributed by atoms with Crippen molar-refractivity contribution in [2.75, 3.05) is 40.0 Å². The van der Waals surface area contributed by atoms with Crippen LogP contribution < -0.4 is 19.5 Å². The minimum Gasteiger partial charge on any atom is -0.493 e. The van der Waals surface area contributed by atoms with Crippen LogP contribution in [-0.2, 0) is 14.8 Å². The summed E-state index contributed by atoms with van der Waals surface area (Å²) in [6.45, 7) is 2.34. The van der Waals surface area contributed by atoms with Crippen molar-refractivity contribution in [3.63, 3.8) is 0 Å². The molecular formula is C24H28N2O6S. The fraction of sp³-hybridized carbons (Fsp3) is 0.375. The lowest BCUT2D eigenvalue weighted by Gasteiger charge is -2.31. The molecule has 0 aliphatic carbocycles. The van der Waals surface area contributed by atoms with Crippen LogP contribution in [0.15, 0.2) is 53.4 Å². The van der Waals surface area contributed by atoms with E-state index in [0.29, 0.717) is 67.8 Å². The van der Waals surface area contributed by atoms with Crippen molar-refractivity contribution in [1.82, 2.24) is 9.62 Å². The SMILES string of the molecule is COc1cc(/C=C/C(=O)NCC2CCN(S(=O)(=O)c3ccccc3)CC2)cc2c1OCCO2. The number of amides is 1. The van der Waals surface area contributed by atoms with Gasteiger partial charge in [-0.15, -0.1) is 0 Å². The van der Waals surface area contributed by atoms with Gasteiger partial charge in [-0.05, 0) is 54.7 Å². The van der Waals surface area contributed by atoms with Crippen molar-refractivity contribution in [2.45, 2.75) is 17.7 Å². The predicted molar refractivity (Wildman–Crippen MR) is 124 cm³/mol. The van der Waals surface area contributed by atoms with Gasteiger partial charge in [0, 0.05) is 25.7 Å². The molecule has 9 heteroatoms. The highest BCUT2D eigenvalue weighted by Gasteiger charge is 2.29. The predicted octanol–water partition coefficient (Wildman–Crippen LogP) is 2.70. The topological polar surface area (TPSA) is 94.2 Å². The molecule has 0 aromatic heterocycles. The van der Waals surface area contributed by atoms with Crippen molar-refractivity contribution in [3.8, 4) is 17.2 Å². The highest BCUT2D eigenvalue weighted by molar-refractivity contribution is 7.89. The summed E-state index contributed by atoms with van der Waals surface area (Å²) in [7, 11) is -1.90. The third kappa shape index (κ3) is 5.48. The van der Waals surface area contributed by atoms with Gasteiger partial charge in [0.05, 0.1) is 12.0 Å². The Bertz CT molecular complexity index is 1090. The number of piperidine rings is 1. The molecule has 2 aromatic carbocycles. The number of methoxy groups -OCH3 is 1. The Morgan fingerprint density at radius 3 is 2.61 bits per heavy atom. The second-order valence-corrected chi connectivity index (χ2v) is 9.92. The smallest absolute Gasteiger partial charge is 0.244 e. The van der Waals surface area contributed by atoms with Crippen LogP contribution in [0.5, 0.6) is 17.2 Å².